The Morgan fingerprint density at radius 2 is 1.80 bits per heavy atom. The lowest BCUT2D eigenvalue weighted by Gasteiger charge is -2.12. The molecule has 2 N–H and O–H groups in total. The first-order chi connectivity index (χ1) is 9.52. The molecular formula is C15H18N2O3. The van der Waals surface area contributed by atoms with Crippen LogP contribution in [-0.2, 0) is 4.74 Å². The van der Waals surface area contributed by atoms with Gasteiger partial charge < -0.3 is 9.72 Å². The molecule has 0 bridgehead atoms. The molecule has 0 saturated heterocycles. The summed E-state index contributed by atoms with van der Waals surface area (Å²) < 4.78 is 5.52. The fourth-order valence-corrected chi connectivity index (χ4v) is 2.21. The van der Waals surface area contributed by atoms with Gasteiger partial charge in [0.2, 0.25) is 0 Å². The molecule has 1 aromatic carbocycles. The van der Waals surface area contributed by atoms with Gasteiger partial charge in [-0.05, 0) is 31.9 Å². The normalized spacial score (nSPS) is 12.3. The minimum atomic E-state index is -0.488. The summed E-state index contributed by atoms with van der Waals surface area (Å²) in [6.07, 6.45) is 0.0176. The van der Waals surface area contributed by atoms with E-state index >= 15 is 0 Å². The van der Waals surface area contributed by atoms with Gasteiger partial charge in [0, 0.05) is 12.3 Å². The molecule has 5 nitrogen and oxygen atoms in total. The summed E-state index contributed by atoms with van der Waals surface area (Å²) in [6, 6.07) is 7.58. The fourth-order valence-electron chi connectivity index (χ4n) is 2.21. The number of benzene rings is 1. The molecule has 0 radical (unpaired) electrons. The largest absolute Gasteiger partial charge is 0.374 e. The Balaban J connectivity index is 2.41. The van der Waals surface area contributed by atoms with E-state index in [1.54, 1.807) is 6.92 Å². The SMILES string of the molecule is CCO[C@@H](C)c1ccc(-c2c(C)[nH]c(=O)[nH]c2=O)cc1. The predicted molar refractivity (Wildman–Crippen MR) is 77.9 cm³/mol. The van der Waals surface area contributed by atoms with Crippen molar-refractivity contribution < 1.29 is 4.74 Å². The number of aryl methyl sites for hydroxylation is 1. The van der Waals surface area contributed by atoms with Crippen molar-refractivity contribution in [3.05, 3.63) is 56.4 Å². The van der Waals surface area contributed by atoms with Gasteiger partial charge >= 0.3 is 5.69 Å². The van der Waals surface area contributed by atoms with Crippen LogP contribution in [0.4, 0.5) is 0 Å². The maximum atomic E-state index is 11.9. The highest BCUT2D eigenvalue weighted by Crippen LogP contribution is 2.22. The second-order valence-electron chi connectivity index (χ2n) is 4.63. The fraction of sp³-hybridized carbons (Fsp3) is 0.333. The molecule has 2 aromatic rings. The number of ether oxygens (including phenoxy) is 1. The van der Waals surface area contributed by atoms with E-state index in [1.807, 2.05) is 38.1 Å². The van der Waals surface area contributed by atoms with Crippen molar-refractivity contribution in [1.82, 2.24) is 9.97 Å². The molecule has 2 rings (SSSR count). The minimum absolute atomic E-state index is 0.0176. The zero-order valence-corrected chi connectivity index (χ0v) is 11.8. The van der Waals surface area contributed by atoms with Crippen LogP contribution in [0.2, 0.25) is 0 Å². The van der Waals surface area contributed by atoms with Gasteiger partial charge in [-0.25, -0.2) is 4.79 Å². The van der Waals surface area contributed by atoms with E-state index in [1.165, 1.54) is 0 Å². The van der Waals surface area contributed by atoms with Gasteiger partial charge in [0.25, 0.3) is 5.56 Å². The van der Waals surface area contributed by atoms with Crippen LogP contribution in [0.3, 0.4) is 0 Å². The highest BCUT2D eigenvalue weighted by atomic mass is 16.5. The molecular weight excluding hydrogens is 256 g/mol. The lowest BCUT2D eigenvalue weighted by Crippen LogP contribution is -2.24. The molecule has 0 aliphatic heterocycles. The second-order valence-corrected chi connectivity index (χ2v) is 4.63. The summed E-state index contributed by atoms with van der Waals surface area (Å²) in [5.74, 6) is 0. The lowest BCUT2D eigenvalue weighted by molar-refractivity contribution is 0.0764. The topological polar surface area (TPSA) is 75.0 Å². The van der Waals surface area contributed by atoms with Crippen molar-refractivity contribution in [3.63, 3.8) is 0 Å². The van der Waals surface area contributed by atoms with Crippen molar-refractivity contribution in [3.8, 4) is 11.1 Å². The van der Waals surface area contributed by atoms with Crippen LogP contribution in [-0.4, -0.2) is 16.6 Å². The van der Waals surface area contributed by atoms with Crippen LogP contribution < -0.4 is 11.2 Å². The smallest absolute Gasteiger partial charge is 0.325 e. The molecule has 0 unspecified atom stereocenters. The summed E-state index contributed by atoms with van der Waals surface area (Å²) >= 11 is 0. The van der Waals surface area contributed by atoms with E-state index in [2.05, 4.69) is 9.97 Å². The molecule has 1 atom stereocenters. The van der Waals surface area contributed by atoms with Gasteiger partial charge in [-0.1, -0.05) is 24.3 Å². The molecule has 1 aromatic heterocycles. The number of aromatic nitrogens is 2. The van der Waals surface area contributed by atoms with E-state index < -0.39 is 5.69 Å². The monoisotopic (exact) mass is 274 g/mol. The first kappa shape index (κ1) is 14.3. The average Bonchev–Trinajstić information content (AvgIpc) is 2.38. The number of hydrogen-bond donors (Lipinski definition) is 2. The van der Waals surface area contributed by atoms with Crippen LogP contribution in [0.1, 0.15) is 31.2 Å². The number of nitrogens with one attached hydrogen (secondary N) is 2. The van der Waals surface area contributed by atoms with Crippen LogP contribution in [0.15, 0.2) is 33.9 Å². The molecule has 106 valence electrons. The minimum Gasteiger partial charge on any atom is -0.374 e. The first-order valence-electron chi connectivity index (χ1n) is 6.58. The number of aromatic amines is 2. The molecule has 0 amide bonds. The molecule has 1 heterocycles. The third-order valence-electron chi connectivity index (χ3n) is 3.22. The Morgan fingerprint density at radius 3 is 2.35 bits per heavy atom. The van der Waals surface area contributed by atoms with E-state index in [9.17, 15) is 9.59 Å². The second kappa shape index (κ2) is 5.88. The Bertz CT molecular complexity index is 698. The van der Waals surface area contributed by atoms with E-state index in [-0.39, 0.29) is 11.7 Å². The van der Waals surface area contributed by atoms with Gasteiger partial charge in [0.1, 0.15) is 0 Å². The van der Waals surface area contributed by atoms with Crippen molar-refractivity contribution >= 4 is 0 Å². The standard InChI is InChI=1S/C15H18N2O3/c1-4-20-10(3)11-5-7-12(8-6-11)13-9(2)16-15(19)17-14(13)18/h5-8,10H,4H2,1-3H3,(H2,16,17,18,19)/t10-/m0/s1. The van der Waals surface area contributed by atoms with Crippen LogP contribution >= 0.6 is 0 Å². The van der Waals surface area contributed by atoms with Crippen molar-refractivity contribution in [2.75, 3.05) is 6.61 Å². The summed E-state index contributed by atoms with van der Waals surface area (Å²) in [6.45, 7) is 6.30. The van der Waals surface area contributed by atoms with Gasteiger partial charge in [0.05, 0.1) is 11.7 Å². The molecule has 5 heteroatoms. The summed E-state index contributed by atoms with van der Waals surface area (Å²) in [5, 5.41) is 0. The lowest BCUT2D eigenvalue weighted by atomic mass is 10.0. The number of H-pyrrole nitrogens is 2. The van der Waals surface area contributed by atoms with Crippen molar-refractivity contribution in [2.45, 2.75) is 26.9 Å². The molecule has 20 heavy (non-hydrogen) atoms. The first-order valence-corrected chi connectivity index (χ1v) is 6.58. The van der Waals surface area contributed by atoms with E-state index in [0.29, 0.717) is 17.9 Å². The Labute approximate surface area is 116 Å². The van der Waals surface area contributed by atoms with Gasteiger partial charge in [-0.2, -0.15) is 0 Å². The average molecular weight is 274 g/mol. The Kier molecular flexibility index (Phi) is 4.20. The number of hydrogen-bond acceptors (Lipinski definition) is 3. The molecule has 0 aliphatic carbocycles. The van der Waals surface area contributed by atoms with E-state index in [4.69, 9.17) is 4.74 Å². The highest BCUT2D eigenvalue weighted by molar-refractivity contribution is 5.64. The molecule has 0 aliphatic rings. The maximum absolute atomic E-state index is 11.9. The molecule has 0 saturated carbocycles. The van der Waals surface area contributed by atoms with E-state index in [0.717, 1.165) is 11.1 Å². The molecule has 0 fully saturated rings. The maximum Gasteiger partial charge on any atom is 0.325 e. The number of rotatable bonds is 4. The Morgan fingerprint density at radius 1 is 1.15 bits per heavy atom. The van der Waals surface area contributed by atoms with Crippen LogP contribution in [0.5, 0.6) is 0 Å². The quantitative estimate of drug-likeness (QED) is 0.897. The zero-order chi connectivity index (χ0) is 14.7. The van der Waals surface area contributed by atoms with Gasteiger partial charge in [-0.3, -0.25) is 9.78 Å². The zero-order valence-electron chi connectivity index (χ0n) is 11.8. The van der Waals surface area contributed by atoms with Crippen molar-refractivity contribution in [1.29, 1.82) is 0 Å². The summed E-state index contributed by atoms with van der Waals surface area (Å²) in [7, 11) is 0. The van der Waals surface area contributed by atoms with Crippen LogP contribution in [0, 0.1) is 6.92 Å². The highest BCUT2D eigenvalue weighted by Gasteiger charge is 2.10. The predicted octanol–water partition coefficient (Wildman–Crippen LogP) is 2.14. The molecule has 0 spiro atoms. The Hall–Kier alpha value is -2.14. The van der Waals surface area contributed by atoms with Crippen molar-refractivity contribution in [2.24, 2.45) is 0 Å². The third-order valence-corrected chi connectivity index (χ3v) is 3.22. The van der Waals surface area contributed by atoms with Gasteiger partial charge in [0.15, 0.2) is 0 Å². The van der Waals surface area contributed by atoms with Gasteiger partial charge in [-0.15, -0.1) is 0 Å². The third kappa shape index (κ3) is 2.88. The summed E-state index contributed by atoms with van der Waals surface area (Å²) in [5.41, 5.74) is 2.00. The van der Waals surface area contributed by atoms with Crippen LogP contribution in [0.25, 0.3) is 11.1 Å². The summed E-state index contributed by atoms with van der Waals surface area (Å²) in [4.78, 5) is 27.9.